The third-order valence-electron chi connectivity index (χ3n) is 1.36. The summed E-state index contributed by atoms with van der Waals surface area (Å²) in [5.41, 5.74) is 0. The summed E-state index contributed by atoms with van der Waals surface area (Å²) in [4.78, 5) is 1.80. The van der Waals surface area contributed by atoms with Crippen LogP contribution in [0.2, 0.25) is 0 Å². The summed E-state index contributed by atoms with van der Waals surface area (Å²) in [6.45, 7) is 0. The minimum atomic E-state index is -0.211. The molecule has 0 saturated heterocycles. The Balaban J connectivity index is 2.79. The van der Waals surface area contributed by atoms with E-state index in [9.17, 15) is 0 Å². The van der Waals surface area contributed by atoms with Crippen LogP contribution in [0.1, 0.15) is 0 Å². The molecule has 1 unspecified atom stereocenters. The Morgan fingerprint density at radius 1 is 1.80 bits per heavy atom. The van der Waals surface area contributed by atoms with Gasteiger partial charge in [0.05, 0.1) is 6.07 Å². The van der Waals surface area contributed by atoms with E-state index in [2.05, 4.69) is 6.07 Å². The van der Waals surface area contributed by atoms with Crippen LogP contribution in [0.3, 0.4) is 0 Å². The van der Waals surface area contributed by atoms with Crippen LogP contribution < -0.4 is 0 Å². The molecule has 0 spiro atoms. The molecule has 3 heteroatoms. The summed E-state index contributed by atoms with van der Waals surface area (Å²) in [6, 6.07) is 1.89. The predicted octanol–water partition coefficient (Wildman–Crippen LogP) is 1.46. The molecule has 10 heavy (non-hydrogen) atoms. The second-order valence-electron chi connectivity index (χ2n) is 2.11. The smallest absolute Gasteiger partial charge is 0.136 e. The average Bonchev–Trinajstić information content (AvgIpc) is 1.94. The van der Waals surface area contributed by atoms with Gasteiger partial charge in [0.25, 0.3) is 0 Å². The molecule has 0 aliphatic carbocycles. The molecule has 0 radical (unpaired) electrons. The van der Waals surface area contributed by atoms with Gasteiger partial charge in [-0.05, 0) is 12.2 Å². The topological polar surface area (TPSA) is 27.0 Å². The maximum absolute atomic E-state index is 8.55. The second-order valence-corrected chi connectivity index (χ2v) is 2.54. The predicted molar refractivity (Wildman–Crippen MR) is 40.2 cm³/mol. The maximum atomic E-state index is 8.55. The Labute approximate surface area is 65.0 Å². The first-order chi connectivity index (χ1) is 4.74. The van der Waals surface area contributed by atoms with E-state index in [1.54, 1.807) is 23.3 Å². The molecule has 0 bridgehead atoms. The van der Waals surface area contributed by atoms with Crippen LogP contribution in [0, 0.1) is 11.3 Å². The van der Waals surface area contributed by atoms with E-state index in [-0.39, 0.29) is 6.04 Å². The van der Waals surface area contributed by atoms with E-state index < -0.39 is 0 Å². The molecule has 0 amide bonds. The van der Waals surface area contributed by atoms with Crippen molar-refractivity contribution >= 4 is 11.6 Å². The number of rotatable bonds is 0. The lowest BCUT2D eigenvalue weighted by Crippen LogP contribution is -2.25. The number of nitrogens with zero attached hydrogens (tertiary/aromatic N) is 2. The van der Waals surface area contributed by atoms with E-state index in [0.29, 0.717) is 5.03 Å². The number of hydrogen-bond acceptors (Lipinski definition) is 2. The molecule has 52 valence electrons. The van der Waals surface area contributed by atoms with Gasteiger partial charge in [-0.2, -0.15) is 5.26 Å². The highest BCUT2D eigenvalue weighted by molar-refractivity contribution is 6.31. The fraction of sp³-hybridized carbons (Fsp3) is 0.286. The van der Waals surface area contributed by atoms with Gasteiger partial charge >= 0.3 is 0 Å². The molecule has 1 aliphatic heterocycles. The zero-order chi connectivity index (χ0) is 7.56. The van der Waals surface area contributed by atoms with Crippen LogP contribution in [-0.4, -0.2) is 18.0 Å². The first-order valence-corrected chi connectivity index (χ1v) is 3.29. The third kappa shape index (κ3) is 1.31. The highest BCUT2D eigenvalue weighted by Crippen LogP contribution is 2.13. The van der Waals surface area contributed by atoms with Crippen LogP contribution >= 0.6 is 11.6 Å². The summed E-state index contributed by atoms with van der Waals surface area (Å²) in [5.74, 6) is 0. The summed E-state index contributed by atoms with van der Waals surface area (Å²) in [5, 5.41) is 9.18. The lowest BCUT2D eigenvalue weighted by molar-refractivity contribution is 0.440. The van der Waals surface area contributed by atoms with Crippen molar-refractivity contribution in [3.63, 3.8) is 0 Å². The lowest BCUT2D eigenvalue weighted by Gasteiger charge is -2.20. The zero-order valence-corrected chi connectivity index (χ0v) is 6.34. The van der Waals surface area contributed by atoms with E-state index in [1.165, 1.54) is 0 Å². The van der Waals surface area contributed by atoms with Crippen molar-refractivity contribution in [1.82, 2.24) is 4.90 Å². The summed E-state index contributed by atoms with van der Waals surface area (Å²) in [6.07, 6.45) is 5.26. The van der Waals surface area contributed by atoms with Gasteiger partial charge in [-0.1, -0.05) is 11.6 Å². The van der Waals surface area contributed by atoms with Crippen molar-refractivity contribution in [3.05, 3.63) is 23.4 Å². The van der Waals surface area contributed by atoms with Crippen molar-refractivity contribution in [1.29, 1.82) is 5.26 Å². The molecule has 0 aromatic rings. The molecular weight excluding hydrogens is 148 g/mol. The number of halogens is 1. The van der Waals surface area contributed by atoms with Crippen molar-refractivity contribution in [2.24, 2.45) is 0 Å². The summed E-state index contributed by atoms with van der Waals surface area (Å²) in [7, 11) is 1.84. The Kier molecular flexibility index (Phi) is 1.98. The molecule has 0 aromatic heterocycles. The van der Waals surface area contributed by atoms with Crippen molar-refractivity contribution in [2.45, 2.75) is 6.04 Å². The maximum Gasteiger partial charge on any atom is 0.136 e. The highest BCUT2D eigenvalue weighted by atomic mass is 35.5. The molecule has 0 N–H and O–H groups in total. The molecule has 0 aromatic carbocycles. The SMILES string of the molecule is CN1C=CC(Cl)=CC1C#N. The fourth-order valence-corrected chi connectivity index (χ4v) is 0.909. The van der Waals surface area contributed by atoms with Crippen LogP contribution in [-0.2, 0) is 0 Å². The molecule has 1 rings (SSSR count). The van der Waals surface area contributed by atoms with E-state index in [1.807, 2.05) is 7.05 Å². The van der Waals surface area contributed by atoms with Gasteiger partial charge in [0.2, 0.25) is 0 Å². The quantitative estimate of drug-likeness (QED) is 0.528. The van der Waals surface area contributed by atoms with Gasteiger partial charge in [-0.25, -0.2) is 0 Å². The third-order valence-corrected chi connectivity index (χ3v) is 1.61. The first kappa shape index (κ1) is 7.17. The Bertz CT molecular complexity index is 224. The second kappa shape index (κ2) is 2.76. The first-order valence-electron chi connectivity index (χ1n) is 2.91. The average molecular weight is 155 g/mol. The van der Waals surface area contributed by atoms with Crippen LogP contribution in [0.4, 0.5) is 0 Å². The molecule has 2 nitrogen and oxygen atoms in total. The largest absolute Gasteiger partial charge is 0.362 e. The molecule has 0 fully saturated rings. The van der Waals surface area contributed by atoms with Crippen molar-refractivity contribution in [3.8, 4) is 6.07 Å². The number of likely N-dealkylation sites (N-methyl/N-ethyl adjacent to an activating group) is 1. The molecule has 1 heterocycles. The summed E-state index contributed by atoms with van der Waals surface area (Å²) >= 11 is 5.65. The van der Waals surface area contributed by atoms with Crippen molar-refractivity contribution in [2.75, 3.05) is 7.05 Å². The Morgan fingerprint density at radius 2 is 2.50 bits per heavy atom. The van der Waals surface area contributed by atoms with E-state index in [4.69, 9.17) is 16.9 Å². The molecule has 0 saturated carbocycles. The van der Waals surface area contributed by atoms with E-state index >= 15 is 0 Å². The monoisotopic (exact) mass is 154 g/mol. The van der Waals surface area contributed by atoms with Crippen molar-refractivity contribution < 1.29 is 0 Å². The standard InChI is InChI=1S/C7H7ClN2/c1-10-3-2-6(8)4-7(10)5-9/h2-4,7H,1H3. The minimum Gasteiger partial charge on any atom is -0.362 e. The van der Waals surface area contributed by atoms with Crippen LogP contribution in [0.15, 0.2) is 23.4 Å². The lowest BCUT2D eigenvalue weighted by atomic mass is 10.2. The minimum absolute atomic E-state index is 0.211. The highest BCUT2D eigenvalue weighted by Gasteiger charge is 2.10. The summed E-state index contributed by atoms with van der Waals surface area (Å²) < 4.78 is 0. The van der Waals surface area contributed by atoms with Gasteiger partial charge in [0.15, 0.2) is 0 Å². The van der Waals surface area contributed by atoms with E-state index in [0.717, 1.165) is 0 Å². The van der Waals surface area contributed by atoms with Gasteiger partial charge < -0.3 is 4.90 Å². The number of hydrogen-bond donors (Lipinski definition) is 0. The van der Waals surface area contributed by atoms with Gasteiger partial charge in [-0.15, -0.1) is 0 Å². The van der Waals surface area contributed by atoms with Gasteiger partial charge in [-0.3, -0.25) is 0 Å². The Morgan fingerprint density at radius 3 is 3.00 bits per heavy atom. The molecule has 1 aliphatic rings. The molecular formula is C7H7ClN2. The Hall–Kier alpha value is -0.940. The number of allylic oxidation sites excluding steroid dienone is 2. The fourth-order valence-electron chi connectivity index (χ4n) is 0.734. The van der Waals surface area contributed by atoms with Gasteiger partial charge in [0.1, 0.15) is 6.04 Å². The van der Waals surface area contributed by atoms with Crippen LogP contribution in [0.25, 0.3) is 0 Å². The van der Waals surface area contributed by atoms with Gasteiger partial charge in [0, 0.05) is 18.3 Å². The molecule has 1 atom stereocenters. The van der Waals surface area contributed by atoms with Crippen LogP contribution in [0.5, 0.6) is 0 Å². The normalized spacial score (nSPS) is 23.9. The number of nitriles is 1. The zero-order valence-electron chi connectivity index (χ0n) is 5.58.